The van der Waals surface area contributed by atoms with Crippen LogP contribution in [-0.4, -0.2) is 45.7 Å². The van der Waals surface area contributed by atoms with Crippen LogP contribution in [0.4, 0.5) is 10.5 Å². The van der Waals surface area contributed by atoms with Crippen molar-refractivity contribution in [1.29, 1.82) is 0 Å². The van der Waals surface area contributed by atoms with Gasteiger partial charge in [-0.3, -0.25) is 29.4 Å². The fourth-order valence-electron chi connectivity index (χ4n) is 1.74. The molecule has 0 bridgehead atoms. The zero-order valence-corrected chi connectivity index (χ0v) is 11.6. The van der Waals surface area contributed by atoms with Crippen LogP contribution in [-0.2, 0) is 4.79 Å². The molecule has 0 saturated carbocycles. The first-order valence-corrected chi connectivity index (χ1v) is 6.97. The van der Waals surface area contributed by atoms with Gasteiger partial charge >= 0.3 is 0 Å². The first kappa shape index (κ1) is 15.0. The summed E-state index contributed by atoms with van der Waals surface area (Å²) in [6.07, 6.45) is 0. The average molecular weight is 309 g/mol. The molecule has 0 aliphatic carbocycles. The number of benzene rings is 1. The van der Waals surface area contributed by atoms with Crippen LogP contribution in [0.2, 0.25) is 0 Å². The van der Waals surface area contributed by atoms with E-state index in [9.17, 15) is 24.5 Å². The summed E-state index contributed by atoms with van der Waals surface area (Å²) in [7, 11) is 0. The van der Waals surface area contributed by atoms with Gasteiger partial charge in [0.1, 0.15) is 0 Å². The van der Waals surface area contributed by atoms with Crippen molar-refractivity contribution in [3.8, 4) is 0 Å². The molecule has 0 unspecified atom stereocenters. The Kier molecular flexibility index (Phi) is 4.53. The molecule has 1 heterocycles. The van der Waals surface area contributed by atoms with E-state index in [-0.39, 0.29) is 41.2 Å². The smallest absolute Gasteiger partial charge is 0.288 e. The summed E-state index contributed by atoms with van der Waals surface area (Å²) < 4.78 is 0. The van der Waals surface area contributed by atoms with Crippen LogP contribution in [0.3, 0.4) is 0 Å². The Hall–Kier alpha value is -2.42. The lowest BCUT2D eigenvalue weighted by Crippen LogP contribution is -2.37. The molecule has 1 saturated heterocycles. The molecule has 8 nitrogen and oxygen atoms in total. The topological polar surface area (TPSA) is 110 Å². The summed E-state index contributed by atoms with van der Waals surface area (Å²) in [6, 6.07) is 5.31. The van der Waals surface area contributed by atoms with Crippen LogP contribution >= 0.6 is 11.8 Å². The summed E-state index contributed by atoms with van der Waals surface area (Å²) in [4.78, 5) is 45.6. The van der Waals surface area contributed by atoms with Crippen molar-refractivity contribution in [2.24, 2.45) is 0 Å². The summed E-state index contributed by atoms with van der Waals surface area (Å²) in [5.74, 6) is -0.655. The molecule has 110 valence electrons. The first-order valence-electron chi connectivity index (χ1n) is 5.99. The van der Waals surface area contributed by atoms with E-state index < -0.39 is 10.8 Å². The molecule has 1 aliphatic rings. The normalized spacial score (nSPS) is 14.4. The van der Waals surface area contributed by atoms with E-state index in [1.807, 2.05) is 0 Å². The molecule has 0 radical (unpaired) electrons. The molecule has 9 heteroatoms. The molecule has 1 aromatic rings. The van der Waals surface area contributed by atoms with E-state index in [1.165, 1.54) is 18.2 Å². The minimum absolute atomic E-state index is 0.0886. The fraction of sp³-hybridized carbons (Fsp3) is 0.250. The van der Waals surface area contributed by atoms with Gasteiger partial charge in [0.25, 0.3) is 16.8 Å². The number of hydrogen-bond donors (Lipinski definition) is 1. The summed E-state index contributed by atoms with van der Waals surface area (Å²) in [5, 5.41) is 12.8. The highest BCUT2D eigenvalue weighted by Gasteiger charge is 2.29. The van der Waals surface area contributed by atoms with Gasteiger partial charge in [0.05, 0.1) is 10.7 Å². The average Bonchev–Trinajstić information content (AvgIpc) is 2.79. The van der Waals surface area contributed by atoms with Gasteiger partial charge in [-0.25, -0.2) is 0 Å². The first-order chi connectivity index (χ1) is 9.99. The van der Waals surface area contributed by atoms with Gasteiger partial charge in [-0.15, -0.1) is 0 Å². The number of nitro benzene ring substituents is 1. The third kappa shape index (κ3) is 3.57. The van der Waals surface area contributed by atoms with Gasteiger partial charge in [-0.1, -0.05) is 17.8 Å². The SMILES string of the molecule is O=C(NCCN1C(=O)CSC1=O)c1cccc([N+](=O)[O-])c1. The molecular weight excluding hydrogens is 298 g/mol. The number of nitro groups is 1. The third-order valence-electron chi connectivity index (χ3n) is 2.78. The lowest BCUT2D eigenvalue weighted by atomic mass is 10.2. The minimum Gasteiger partial charge on any atom is -0.350 e. The van der Waals surface area contributed by atoms with Crippen molar-refractivity contribution in [2.75, 3.05) is 18.8 Å². The monoisotopic (exact) mass is 309 g/mol. The van der Waals surface area contributed by atoms with Crippen LogP contribution in [0.5, 0.6) is 0 Å². The molecule has 1 N–H and O–H groups in total. The van der Waals surface area contributed by atoms with Crippen LogP contribution < -0.4 is 5.32 Å². The Bertz CT molecular complexity index is 603. The van der Waals surface area contributed by atoms with Crippen LogP contribution in [0.15, 0.2) is 24.3 Å². The molecule has 1 fully saturated rings. The third-order valence-corrected chi connectivity index (χ3v) is 3.64. The Morgan fingerprint density at radius 3 is 2.81 bits per heavy atom. The molecule has 1 aliphatic heterocycles. The Morgan fingerprint density at radius 2 is 2.19 bits per heavy atom. The van der Waals surface area contributed by atoms with E-state index in [2.05, 4.69) is 5.32 Å². The van der Waals surface area contributed by atoms with Crippen molar-refractivity contribution in [3.05, 3.63) is 39.9 Å². The van der Waals surface area contributed by atoms with Crippen molar-refractivity contribution >= 4 is 34.5 Å². The van der Waals surface area contributed by atoms with Crippen LogP contribution in [0.25, 0.3) is 0 Å². The molecule has 2 rings (SSSR count). The lowest BCUT2D eigenvalue weighted by Gasteiger charge is -2.13. The predicted molar refractivity (Wildman–Crippen MR) is 75.0 cm³/mol. The fourth-order valence-corrected chi connectivity index (χ4v) is 2.49. The molecule has 3 amide bonds. The number of nitrogens with zero attached hydrogens (tertiary/aromatic N) is 2. The number of amides is 3. The maximum atomic E-state index is 11.8. The summed E-state index contributed by atoms with van der Waals surface area (Å²) in [5.41, 5.74) is -0.0263. The molecule has 0 spiro atoms. The highest BCUT2D eigenvalue weighted by molar-refractivity contribution is 8.14. The second-order valence-corrected chi connectivity index (χ2v) is 5.09. The molecule has 1 aromatic carbocycles. The van der Waals surface area contributed by atoms with Crippen molar-refractivity contribution < 1.29 is 19.3 Å². The number of carbonyl (C=O) groups is 3. The number of imide groups is 1. The van der Waals surface area contributed by atoms with E-state index in [0.717, 1.165) is 22.7 Å². The Morgan fingerprint density at radius 1 is 1.43 bits per heavy atom. The van der Waals surface area contributed by atoms with Gasteiger partial charge < -0.3 is 5.32 Å². The minimum atomic E-state index is -0.588. The zero-order chi connectivity index (χ0) is 15.4. The quantitative estimate of drug-likeness (QED) is 0.642. The molecule has 21 heavy (non-hydrogen) atoms. The van der Waals surface area contributed by atoms with Crippen molar-refractivity contribution in [3.63, 3.8) is 0 Å². The largest absolute Gasteiger partial charge is 0.350 e. The van der Waals surface area contributed by atoms with Gasteiger partial charge in [0.2, 0.25) is 5.91 Å². The number of non-ortho nitro benzene ring substituents is 1. The number of nitrogens with one attached hydrogen (secondary N) is 1. The Balaban J connectivity index is 1.90. The summed E-state index contributed by atoms with van der Waals surface area (Å²) in [6.45, 7) is 0.185. The van der Waals surface area contributed by atoms with E-state index in [0.29, 0.717) is 0 Å². The van der Waals surface area contributed by atoms with E-state index in [4.69, 9.17) is 0 Å². The number of rotatable bonds is 5. The number of carbonyl (C=O) groups excluding carboxylic acids is 3. The standard InChI is InChI=1S/C12H11N3O5S/c16-10-7-21-12(18)14(10)5-4-13-11(17)8-2-1-3-9(6-8)15(19)20/h1-3,6H,4-5,7H2,(H,13,17). The number of thioether (sulfide) groups is 1. The zero-order valence-electron chi connectivity index (χ0n) is 10.8. The lowest BCUT2D eigenvalue weighted by molar-refractivity contribution is -0.384. The highest BCUT2D eigenvalue weighted by Crippen LogP contribution is 2.17. The van der Waals surface area contributed by atoms with Gasteiger partial charge in [0.15, 0.2) is 0 Å². The van der Waals surface area contributed by atoms with Crippen LogP contribution in [0, 0.1) is 10.1 Å². The molecule has 0 atom stereocenters. The van der Waals surface area contributed by atoms with Gasteiger partial charge in [-0.2, -0.15) is 0 Å². The molecular formula is C12H11N3O5S. The number of hydrogen-bond acceptors (Lipinski definition) is 6. The van der Waals surface area contributed by atoms with Crippen LogP contribution in [0.1, 0.15) is 10.4 Å². The maximum absolute atomic E-state index is 11.8. The second-order valence-electron chi connectivity index (χ2n) is 4.16. The maximum Gasteiger partial charge on any atom is 0.288 e. The second kappa shape index (κ2) is 6.35. The van der Waals surface area contributed by atoms with Gasteiger partial charge in [-0.05, 0) is 6.07 Å². The van der Waals surface area contributed by atoms with E-state index >= 15 is 0 Å². The van der Waals surface area contributed by atoms with Gasteiger partial charge in [0, 0.05) is 30.8 Å². The summed E-state index contributed by atoms with van der Waals surface area (Å²) >= 11 is 0.924. The Labute approximate surface area is 123 Å². The predicted octanol–water partition coefficient (Wildman–Crippen LogP) is 1.02. The van der Waals surface area contributed by atoms with Crippen molar-refractivity contribution in [2.45, 2.75) is 0 Å². The highest BCUT2D eigenvalue weighted by atomic mass is 32.2. The van der Waals surface area contributed by atoms with E-state index in [1.54, 1.807) is 0 Å². The molecule has 0 aromatic heterocycles. The van der Waals surface area contributed by atoms with Crippen molar-refractivity contribution in [1.82, 2.24) is 10.2 Å².